The Morgan fingerprint density at radius 2 is 2.13 bits per heavy atom. The standard InChI is InChI=1S/C17H17N3O3/c1-10(2)13-14(19-17(23)20-16(13)22)15(21)12-7-3-5-11(9-12)6-4-8-18/h3-7,10,12H,9H2,1-2H3,(H2,19,20,22,23)/b6-4+. The number of Topliss-reactive ketones (excluding diaryl/α,β-unsaturated/α-hetero) is 1. The Morgan fingerprint density at radius 1 is 1.39 bits per heavy atom. The molecular weight excluding hydrogens is 294 g/mol. The van der Waals surface area contributed by atoms with Crippen LogP contribution in [0, 0.1) is 17.2 Å². The first-order valence-corrected chi connectivity index (χ1v) is 7.28. The Bertz CT molecular complexity index is 860. The van der Waals surface area contributed by atoms with Gasteiger partial charge < -0.3 is 4.98 Å². The maximum absolute atomic E-state index is 12.8. The van der Waals surface area contributed by atoms with Gasteiger partial charge in [0.1, 0.15) is 0 Å². The Labute approximate surface area is 132 Å². The van der Waals surface area contributed by atoms with E-state index in [0.29, 0.717) is 6.42 Å². The van der Waals surface area contributed by atoms with E-state index < -0.39 is 17.2 Å². The van der Waals surface area contributed by atoms with Crippen molar-refractivity contribution in [1.29, 1.82) is 5.26 Å². The van der Waals surface area contributed by atoms with Gasteiger partial charge in [-0.2, -0.15) is 5.26 Å². The van der Waals surface area contributed by atoms with E-state index in [4.69, 9.17) is 5.26 Å². The third-order valence-electron chi connectivity index (χ3n) is 3.62. The smallest absolute Gasteiger partial charge is 0.304 e. The van der Waals surface area contributed by atoms with Gasteiger partial charge in [-0.15, -0.1) is 0 Å². The summed E-state index contributed by atoms with van der Waals surface area (Å²) in [6, 6.07) is 1.91. The van der Waals surface area contributed by atoms with E-state index in [2.05, 4.69) is 9.97 Å². The Hall–Kier alpha value is -2.94. The molecule has 2 rings (SSSR count). The first kappa shape index (κ1) is 16.4. The van der Waals surface area contributed by atoms with Crippen LogP contribution in [0.4, 0.5) is 0 Å². The van der Waals surface area contributed by atoms with E-state index in [1.54, 1.807) is 32.1 Å². The fourth-order valence-corrected chi connectivity index (χ4v) is 2.58. The van der Waals surface area contributed by atoms with Crippen LogP contribution in [0.2, 0.25) is 0 Å². The number of H-pyrrole nitrogens is 2. The van der Waals surface area contributed by atoms with Gasteiger partial charge in [-0.05, 0) is 24.0 Å². The normalized spacial score (nSPS) is 17.3. The molecule has 0 fully saturated rings. The molecule has 0 saturated heterocycles. The molecule has 6 heteroatoms. The second-order valence-corrected chi connectivity index (χ2v) is 5.62. The first-order chi connectivity index (χ1) is 10.9. The van der Waals surface area contributed by atoms with E-state index in [1.165, 1.54) is 6.08 Å². The molecule has 23 heavy (non-hydrogen) atoms. The monoisotopic (exact) mass is 311 g/mol. The van der Waals surface area contributed by atoms with Crippen molar-refractivity contribution in [2.24, 2.45) is 5.92 Å². The van der Waals surface area contributed by atoms with Crippen LogP contribution in [0.15, 0.2) is 45.5 Å². The van der Waals surface area contributed by atoms with Crippen LogP contribution in [0.5, 0.6) is 0 Å². The van der Waals surface area contributed by atoms with Crippen molar-refractivity contribution in [2.75, 3.05) is 0 Å². The lowest BCUT2D eigenvalue weighted by molar-refractivity contribution is 0.0937. The van der Waals surface area contributed by atoms with Crippen molar-refractivity contribution in [3.05, 3.63) is 68.0 Å². The molecule has 6 nitrogen and oxygen atoms in total. The minimum atomic E-state index is -0.692. The first-order valence-electron chi connectivity index (χ1n) is 7.28. The second-order valence-electron chi connectivity index (χ2n) is 5.62. The molecule has 0 aliphatic heterocycles. The molecule has 1 atom stereocenters. The average Bonchev–Trinajstić information content (AvgIpc) is 2.51. The van der Waals surface area contributed by atoms with Gasteiger partial charge in [0.2, 0.25) is 0 Å². The predicted octanol–water partition coefficient (Wildman–Crippen LogP) is 1.95. The highest BCUT2D eigenvalue weighted by Crippen LogP contribution is 2.24. The number of nitrogens with zero attached hydrogens (tertiary/aromatic N) is 1. The largest absolute Gasteiger partial charge is 0.326 e. The molecule has 1 aromatic rings. The van der Waals surface area contributed by atoms with E-state index in [-0.39, 0.29) is 23.0 Å². The maximum Gasteiger partial charge on any atom is 0.326 e. The Balaban J connectivity index is 2.40. The van der Waals surface area contributed by atoms with E-state index in [1.807, 2.05) is 12.1 Å². The molecule has 1 aromatic heterocycles. The van der Waals surface area contributed by atoms with E-state index in [9.17, 15) is 14.4 Å². The number of carbonyl (C=O) groups excluding carboxylic acids is 1. The molecule has 2 N–H and O–H groups in total. The van der Waals surface area contributed by atoms with Gasteiger partial charge in [0.25, 0.3) is 5.56 Å². The number of rotatable bonds is 4. The van der Waals surface area contributed by atoms with Crippen molar-refractivity contribution in [3.8, 4) is 6.07 Å². The summed E-state index contributed by atoms with van der Waals surface area (Å²) >= 11 is 0. The molecule has 0 radical (unpaired) electrons. The number of nitriles is 1. The molecule has 0 aromatic carbocycles. The van der Waals surface area contributed by atoms with Gasteiger partial charge >= 0.3 is 5.69 Å². The summed E-state index contributed by atoms with van der Waals surface area (Å²) < 4.78 is 0. The van der Waals surface area contributed by atoms with Gasteiger partial charge in [0.05, 0.1) is 11.8 Å². The summed E-state index contributed by atoms with van der Waals surface area (Å²) in [6.07, 6.45) is 8.70. The van der Waals surface area contributed by atoms with Crippen molar-refractivity contribution in [2.45, 2.75) is 26.2 Å². The third kappa shape index (κ3) is 3.64. The molecule has 0 spiro atoms. The van der Waals surface area contributed by atoms with Crippen LogP contribution >= 0.6 is 0 Å². The number of hydrogen-bond acceptors (Lipinski definition) is 4. The molecule has 0 amide bonds. The number of allylic oxidation sites excluding steroid dienone is 6. The van der Waals surface area contributed by atoms with Crippen LogP contribution in [-0.4, -0.2) is 15.8 Å². The summed E-state index contributed by atoms with van der Waals surface area (Å²) in [5, 5.41) is 8.58. The number of aromatic nitrogens is 2. The molecule has 1 aliphatic rings. The zero-order valence-corrected chi connectivity index (χ0v) is 12.9. The van der Waals surface area contributed by atoms with Gasteiger partial charge in [-0.25, -0.2) is 4.79 Å². The number of hydrogen-bond donors (Lipinski definition) is 2. The highest BCUT2D eigenvalue weighted by atomic mass is 16.2. The Kier molecular flexibility index (Phi) is 4.91. The summed E-state index contributed by atoms with van der Waals surface area (Å²) in [7, 11) is 0. The van der Waals surface area contributed by atoms with Gasteiger partial charge in [-0.3, -0.25) is 14.6 Å². The van der Waals surface area contributed by atoms with Gasteiger partial charge in [0, 0.05) is 17.6 Å². The van der Waals surface area contributed by atoms with Crippen LogP contribution in [0.1, 0.15) is 42.2 Å². The highest BCUT2D eigenvalue weighted by molar-refractivity contribution is 5.98. The molecular formula is C17H17N3O3. The van der Waals surface area contributed by atoms with Crippen LogP contribution in [0.3, 0.4) is 0 Å². The topological polar surface area (TPSA) is 107 Å². The summed E-state index contributed by atoms with van der Waals surface area (Å²) in [4.78, 5) is 40.9. The zero-order chi connectivity index (χ0) is 17.0. The van der Waals surface area contributed by atoms with Crippen LogP contribution in [0.25, 0.3) is 0 Å². The number of nitrogens with one attached hydrogen (secondary N) is 2. The van der Waals surface area contributed by atoms with E-state index in [0.717, 1.165) is 5.57 Å². The molecule has 0 bridgehead atoms. The highest BCUT2D eigenvalue weighted by Gasteiger charge is 2.26. The fourth-order valence-electron chi connectivity index (χ4n) is 2.58. The summed E-state index contributed by atoms with van der Waals surface area (Å²) in [5.74, 6) is -0.979. The minimum absolute atomic E-state index is 0.0638. The second kappa shape index (κ2) is 6.88. The van der Waals surface area contributed by atoms with Crippen molar-refractivity contribution < 1.29 is 4.79 Å². The maximum atomic E-state index is 12.8. The van der Waals surface area contributed by atoms with Gasteiger partial charge in [-0.1, -0.05) is 32.1 Å². The third-order valence-corrected chi connectivity index (χ3v) is 3.62. The quantitative estimate of drug-likeness (QED) is 0.654. The summed E-state index contributed by atoms with van der Waals surface area (Å²) in [6.45, 7) is 3.58. The lowest BCUT2D eigenvalue weighted by Gasteiger charge is -2.17. The van der Waals surface area contributed by atoms with Crippen molar-refractivity contribution in [1.82, 2.24) is 9.97 Å². The Morgan fingerprint density at radius 3 is 2.78 bits per heavy atom. The van der Waals surface area contributed by atoms with Crippen LogP contribution in [-0.2, 0) is 0 Å². The lowest BCUT2D eigenvalue weighted by atomic mass is 9.87. The molecule has 118 valence electrons. The molecule has 1 unspecified atom stereocenters. The van der Waals surface area contributed by atoms with Crippen molar-refractivity contribution in [3.63, 3.8) is 0 Å². The molecule has 0 saturated carbocycles. The molecule has 1 aliphatic carbocycles. The predicted molar refractivity (Wildman–Crippen MR) is 86.2 cm³/mol. The van der Waals surface area contributed by atoms with Crippen LogP contribution < -0.4 is 11.2 Å². The fraction of sp³-hybridized carbons (Fsp3) is 0.294. The number of aromatic amines is 2. The number of ketones is 1. The SMILES string of the molecule is CC(C)c1c(C(=O)C2C=CC=C(/C=C/C#N)C2)[nH]c(=O)[nH]c1=O. The average molecular weight is 311 g/mol. The summed E-state index contributed by atoms with van der Waals surface area (Å²) in [5.41, 5.74) is -0.0408. The lowest BCUT2D eigenvalue weighted by Crippen LogP contribution is -2.32. The number of carbonyl (C=O) groups is 1. The van der Waals surface area contributed by atoms with Crippen molar-refractivity contribution >= 4 is 5.78 Å². The zero-order valence-electron chi connectivity index (χ0n) is 12.9. The van der Waals surface area contributed by atoms with Gasteiger partial charge in [0.15, 0.2) is 5.78 Å². The molecule has 1 heterocycles. The minimum Gasteiger partial charge on any atom is -0.304 e. The van der Waals surface area contributed by atoms with E-state index >= 15 is 0 Å².